The van der Waals surface area contributed by atoms with Crippen LogP contribution in [-0.2, 0) is 11.3 Å². The first-order chi connectivity index (χ1) is 17.0. The maximum Gasteiger partial charge on any atom is 0.259 e. The summed E-state index contributed by atoms with van der Waals surface area (Å²) in [5, 5.41) is 0.456. The van der Waals surface area contributed by atoms with E-state index in [0.717, 1.165) is 56.6 Å². The van der Waals surface area contributed by atoms with Gasteiger partial charge in [0.1, 0.15) is 28.8 Å². The Kier molecular flexibility index (Phi) is 6.46. The Morgan fingerprint density at radius 2 is 1.91 bits per heavy atom. The highest BCUT2D eigenvalue weighted by Gasteiger charge is 2.59. The maximum absolute atomic E-state index is 13.7. The highest BCUT2D eigenvalue weighted by atomic mass is 32.1. The van der Waals surface area contributed by atoms with E-state index in [1.54, 1.807) is 24.3 Å². The molecule has 0 unspecified atom stereocenters. The van der Waals surface area contributed by atoms with Gasteiger partial charge in [0.15, 0.2) is 5.11 Å². The maximum atomic E-state index is 13.7. The molecule has 9 heteroatoms. The Labute approximate surface area is 211 Å². The predicted octanol–water partition coefficient (Wildman–Crippen LogP) is 3.82. The van der Waals surface area contributed by atoms with E-state index in [2.05, 4.69) is 28.6 Å². The number of likely N-dealkylation sites (tertiary alicyclic amines) is 1. The average molecular weight is 494 g/mol. The number of carbonyl (C=O) groups is 1. The van der Waals surface area contributed by atoms with E-state index in [1.807, 2.05) is 29.2 Å². The lowest BCUT2D eigenvalue weighted by Gasteiger charge is -2.43. The lowest BCUT2D eigenvalue weighted by molar-refractivity contribution is -0.123. The summed E-state index contributed by atoms with van der Waals surface area (Å²) in [4.78, 5) is 28.0. The Morgan fingerprint density at radius 1 is 1.20 bits per heavy atom. The molecule has 2 saturated heterocycles. The first kappa shape index (κ1) is 23.7. The number of anilines is 2. The molecule has 1 aromatic carbocycles. The van der Waals surface area contributed by atoms with E-state index in [4.69, 9.17) is 21.7 Å². The summed E-state index contributed by atoms with van der Waals surface area (Å²) in [5.41, 5.74) is 1.51. The number of amides is 1. The van der Waals surface area contributed by atoms with Crippen molar-refractivity contribution in [1.29, 1.82) is 0 Å². The zero-order valence-corrected chi connectivity index (χ0v) is 21.1. The lowest BCUT2D eigenvalue weighted by Crippen LogP contribution is -2.55. The van der Waals surface area contributed by atoms with Crippen LogP contribution >= 0.6 is 12.2 Å². The minimum atomic E-state index is -0.651. The van der Waals surface area contributed by atoms with Crippen LogP contribution < -0.4 is 19.3 Å². The van der Waals surface area contributed by atoms with Gasteiger partial charge in [-0.2, -0.15) is 0 Å². The zero-order valence-electron chi connectivity index (χ0n) is 20.3. The van der Waals surface area contributed by atoms with Crippen molar-refractivity contribution in [2.24, 2.45) is 4.99 Å². The number of aliphatic imine (C=N–C) groups is 1. The predicted molar refractivity (Wildman–Crippen MR) is 141 cm³/mol. The third-order valence-corrected chi connectivity index (χ3v) is 7.68. The molecule has 3 aliphatic rings. The number of rotatable bonds is 7. The second-order valence-electron chi connectivity index (χ2n) is 9.48. The van der Waals surface area contributed by atoms with E-state index < -0.39 is 5.54 Å². The highest BCUT2D eigenvalue weighted by molar-refractivity contribution is 7.81. The second-order valence-corrected chi connectivity index (χ2v) is 9.85. The van der Waals surface area contributed by atoms with Crippen LogP contribution in [0.5, 0.6) is 11.5 Å². The summed E-state index contributed by atoms with van der Waals surface area (Å²) in [6, 6.07) is 9.78. The van der Waals surface area contributed by atoms with Gasteiger partial charge >= 0.3 is 0 Å². The molecule has 0 atom stereocenters. The first-order valence-corrected chi connectivity index (χ1v) is 12.5. The quantitative estimate of drug-likeness (QED) is 0.429. The van der Waals surface area contributed by atoms with Gasteiger partial charge in [-0.1, -0.05) is 0 Å². The fraction of sp³-hybridized carbons (Fsp3) is 0.462. The van der Waals surface area contributed by atoms with E-state index in [9.17, 15) is 4.79 Å². The number of aromatic nitrogens is 1. The molecule has 1 amide bonds. The molecule has 2 aromatic rings. The highest BCUT2D eigenvalue weighted by Crippen LogP contribution is 2.48. The van der Waals surface area contributed by atoms with Gasteiger partial charge in [-0.15, -0.1) is 0 Å². The molecule has 0 bridgehead atoms. The van der Waals surface area contributed by atoms with Crippen LogP contribution in [-0.4, -0.2) is 66.5 Å². The third-order valence-electron chi connectivity index (χ3n) is 7.31. The smallest absolute Gasteiger partial charge is 0.259 e. The fourth-order valence-electron chi connectivity index (χ4n) is 5.16. The van der Waals surface area contributed by atoms with E-state index in [1.165, 1.54) is 0 Å². The van der Waals surface area contributed by atoms with Crippen molar-refractivity contribution in [3.8, 4) is 11.5 Å². The van der Waals surface area contributed by atoms with Crippen LogP contribution in [0.25, 0.3) is 0 Å². The Balaban J connectivity index is 1.40. The minimum absolute atomic E-state index is 0.0150. The van der Waals surface area contributed by atoms with Crippen molar-refractivity contribution in [2.45, 2.75) is 50.3 Å². The minimum Gasteiger partial charge on any atom is -0.495 e. The number of piperidine rings is 1. The van der Waals surface area contributed by atoms with Gasteiger partial charge in [-0.3, -0.25) is 19.7 Å². The van der Waals surface area contributed by atoms with E-state index >= 15 is 0 Å². The first-order valence-electron chi connectivity index (χ1n) is 12.1. The number of thiocarbonyl (C=S) groups is 1. The second kappa shape index (κ2) is 9.54. The fourth-order valence-corrected chi connectivity index (χ4v) is 5.63. The lowest BCUT2D eigenvalue weighted by atomic mass is 9.75. The van der Waals surface area contributed by atoms with Gasteiger partial charge in [0.2, 0.25) is 0 Å². The summed E-state index contributed by atoms with van der Waals surface area (Å²) in [5.74, 6) is 1.39. The van der Waals surface area contributed by atoms with Crippen LogP contribution in [0.15, 0.2) is 41.5 Å². The molecule has 1 aromatic heterocycles. The molecule has 0 N–H and O–H groups in total. The molecule has 35 heavy (non-hydrogen) atoms. The van der Waals surface area contributed by atoms with E-state index in [-0.39, 0.29) is 12.0 Å². The van der Waals surface area contributed by atoms with Crippen LogP contribution in [0.1, 0.15) is 37.8 Å². The topological polar surface area (TPSA) is 70.5 Å². The molecule has 1 spiro atoms. The average Bonchev–Trinajstić information content (AvgIpc) is 3.08. The number of methoxy groups -OCH3 is 1. The van der Waals surface area contributed by atoms with E-state index in [0.29, 0.717) is 28.8 Å². The van der Waals surface area contributed by atoms with Gasteiger partial charge in [-0.25, -0.2) is 0 Å². The molecule has 3 fully saturated rings. The van der Waals surface area contributed by atoms with Crippen LogP contribution in [0.2, 0.25) is 0 Å². The molecule has 8 nitrogen and oxygen atoms in total. The molecular weight excluding hydrogens is 462 g/mol. The Morgan fingerprint density at radius 3 is 2.51 bits per heavy atom. The van der Waals surface area contributed by atoms with Crippen molar-refractivity contribution in [2.75, 3.05) is 37.0 Å². The summed E-state index contributed by atoms with van der Waals surface area (Å²) >= 11 is 5.89. The number of ether oxygens (including phenoxy) is 2. The van der Waals surface area contributed by atoms with Crippen molar-refractivity contribution < 1.29 is 14.3 Å². The van der Waals surface area contributed by atoms with Crippen LogP contribution in [0, 0.1) is 0 Å². The normalized spacial score (nSPS) is 20.3. The summed E-state index contributed by atoms with van der Waals surface area (Å²) in [6.45, 7) is 5.97. The molecule has 3 heterocycles. The summed E-state index contributed by atoms with van der Waals surface area (Å²) in [7, 11) is 3.72. The SMILES string of the molecule is C=NCc1ncc(N2C(=O)C3(CCC3)N(c3ccc(OC4CCN(C)CC4)cc3)C2=S)cc1OC. The van der Waals surface area contributed by atoms with Gasteiger partial charge in [-0.05, 0) is 82.4 Å². The van der Waals surface area contributed by atoms with Gasteiger partial charge < -0.3 is 19.3 Å². The number of hydrogen-bond donors (Lipinski definition) is 0. The largest absolute Gasteiger partial charge is 0.495 e. The Hall–Kier alpha value is -3.04. The number of pyridine rings is 1. The molecule has 184 valence electrons. The standard InChI is InChI=1S/C26H31N5O3S/c1-27-17-22-23(33-3)15-19(16-28-22)30-24(32)26(11-4-12-26)31(25(30)35)18-5-7-20(8-6-18)34-21-9-13-29(2)14-10-21/h5-8,15-16,21H,1,4,9-14,17H2,2-3H3. The van der Waals surface area contributed by atoms with Crippen molar-refractivity contribution >= 4 is 41.3 Å². The third kappa shape index (κ3) is 4.16. The molecule has 5 rings (SSSR count). The summed E-state index contributed by atoms with van der Waals surface area (Å²) in [6.07, 6.45) is 6.46. The van der Waals surface area contributed by atoms with Gasteiger partial charge in [0.05, 0.1) is 25.5 Å². The number of benzene rings is 1. The zero-order chi connectivity index (χ0) is 24.6. The van der Waals surface area contributed by atoms with Gasteiger partial charge in [0, 0.05) is 24.8 Å². The van der Waals surface area contributed by atoms with Crippen molar-refractivity contribution in [3.63, 3.8) is 0 Å². The molecule has 1 saturated carbocycles. The van der Waals surface area contributed by atoms with Crippen LogP contribution in [0.3, 0.4) is 0 Å². The molecule has 1 aliphatic carbocycles. The summed E-state index contributed by atoms with van der Waals surface area (Å²) < 4.78 is 11.7. The monoisotopic (exact) mass is 493 g/mol. The number of nitrogens with zero attached hydrogens (tertiary/aromatic N) is 5. The molecule has 2 aliphatic heterocycles. The molecular formula is C26H31N5O3S. The van der Waals surface area contributed by atoms with Crippen molar-refractivity contribution in [1.82, 2.24) is 9.88 Å². The number of hydrogen-bond acceptors (Lipinski definition) is 7. The molecule has 0 radical (unpaired) electrons. The number of carbonyl (C=O) groups excluding carboxylic acids is 1. The Bertz CT molecular complexity index is 1130. The van der Waals surface area contributed by atoms with Crippen molar-refractivity contribution in [3.05, 3.63) is 42.2 Å². The van der Waals surface area contributed by atoms with Crippen LogP contribution in [0.4, 0.5) is 11.4 Å². The van der Waals surface area contributed by atoms with Gasteiger partial charge in [0.25, 0.3) is 5.91 Å².